The number of aromatic nitrogens is 2. The van der Waals surface area contributed by atoms with Crippen LogP contribution in [0, 0.1) is 28.9 Å². The fourth-order valence-corrected chi connectivity index (χ4v) is 7.21. The molecule has 0 aliphatic heterocycles. The summed E-state index contributed by atoms with van der Waals surface area (Å²) in [6.45, 7) is 9.85. The molecule has 1 heterocycles. The molecule has 2 aromatic carbocycles. The highest BCUT2D eigenvalue weighted by molar-refractivity contribution is 9.09. The van der Waals surface area contributed by atoms with Gasteiger partial charge in [0.05, 0.1) is 29.1 Å². The summed E-state index contributed by atoms with van der Waals surface area (Å²) in [4.78, 5) is 86.5. The average Bonchev–Trinajstić information content (AvgIpc) is 3.67. The molecule has 5 atom stereocenters. The first-order valence-corrected chi connectivity index (χ1v) is 23.0. The molecule has 0 spiro atoms. The summed E-state index contributed by atoms with van der Waals surface area (Å²) in [5, 5.41) is 39.6. The zero-order chi connectivity index (χ0) is 52.4. The fourth-order valence-electron chi connectivity index (χ4n) is 7.05. The standard InChI is InChI=1S/C44H60BrF2N7O8.C2HF3O2/c1-26(2)38(51-36(57)23-45)35(56)20-27(3)41(59)50-33(43(61)62)14-10-11-18-49-42(60)32(48)17-19-53(37(58)25-55)40(44(4,5)6)39-29(21-28-12-8-7-9-13-28)24-54(52-39)34-22-30(46)15-16-31(34)47;3-2(4,5)1(6)7/h7-9,12-13,15-16,22,24,26-27,32-33,38,40,55H,10-11,14,17-21,23,25,48H2,1-6H3,(H,49,60)(H,50,59)(H,51,57)(H,61,62);(H,6,7)/t27-,32+,33+,38+,40+;/m1./s1. The van der Waals surface area contributed by atoms with Crippen LogP contribution in [0.2, 0.25) is 0 Å². The molecule has 0 unspecified atom stereocenters. The van der Waals surface area contributed by atoms with E-state index in [0.29, 0.717) is 30.5 Å². The minimum atomic E-state index is -5.08. The quantitative estimate of drug-likeness (QED) is 0.0356. The number of hydrogen-bond acceptors (Lipinski definition) is 10. The van der Waals surface area contributed by atoms with Crippen molar-refractivity contribution in [3.05, 3.63) is 83.2 Å². The lowest BCUT2D eigenvalue weighted by atomic mass is 9.81. The first-order valence-electron chi connectivity index (χ1n) is 21.8. The Bertz CT molecular complexity index is 2220. The van der Waals surface area contributed by atoms with Crippen molar-refractivity contribution in [3.63, 3.8) is 0 Å². The number of unbranched alkanes of at least 4 members (excludes halogenated alkanes) is 1. The van der Waals surface area contributed by atoms with Gasteiger partial charge in [-0.25, -0.2) is 23.1 Å². The van der Waals surface area contributed by atoms with Crippen molar-refractivity contribution >= 4 is 57.3 Å². The Morgan fingerprint density at radius 1 is 0.899 bits per heavy atom. The number of Topliss-reactive ketones (excluding diaryl/α,β-unsaturated/α-hetero) is 1. The number of benzene rings is 2. The maximum absolute atomic E-state index is 15.0. The van der Waals surface area contributed by atoms with Gasteiger partial charge in [-0.15, -0.1) is 0 Å². The molecule has 4 amide bonds. The second-order valence-electron chi connectivity index (χ2n) is 17.6. The smallest absolute Gasteiger partial charge is 0.480 e. The number of carbonyl (C=O) groups is 7. The number of carbonyl (C=O) groups excluding carboxylic acids is 5. The van der Waals surface area contributed by atoms with Gasteiger partial charge >= 0.3 is 18.1 Å². The number of aliphatic hydroxyl groups excluding tert-OH is 1. The van der Waals surface area contributed by atoms with Gasteiger partial charge in [-0.1, -0.05) is 87.8 Å². The Hall–Kier alpha value is -5.81. The van der Waals surface area contributed by atoms with E-state index in [2.05, 4.69) is 31.9 Å². The van der Waals surface area contributed by atoms with Gasteiger partial charge in [0.1, 0.15) is 30.0 Å². The summed E-state index contributed by atoms with van der Waals surface area (Å²) in [6, 6.07) is 8.47. The predicted octanol–water partition coefficient (Wildman–Crippen LogP) is 4.99. The Balaban J connectivity index is 0.00000216. The van der Waals surface area contributed by atoms with Gasteiger partial charge in [-0.05, 0) is 54.7 Å². The van der Waals surface area contributed by atoms with Gasteiger partial charge in [-0.3, -0.25) is 24.0 Å². The molecule has 23 heteroatoms. The third-order valence-electron chi connectivity index (χ3n) is 10.6. The van der Waals surface area contributed by atoms with Gasteiger partial charge in [0.25, 0.3) is 0 Å². The van der Waals surface area contributed by atoms with E-state index < -0.39 is 89.6 Å². The molecule has 3 rings (SSSR count). The van der Waals surface area contributed by atoms with Gasteiger partial charge in [0.2, 0.25) is 23.6 Å². The molecule has 17 nitrogen and oxygen atoms in total. The molecule has 3 aromatic rings. The number of nitrogens with two attached hydrogens (primary N) is 1. The van der Waals surface area contributed by atoms with Crippen LogP contribution in [0.1, 0.15) is 96.5 Å². The lowest BCUT2D eigenvalue weighted by Gasteiger charge is -2.40. The highest BCUT2D eigenvalue weighted by atomic mass is 79.9. The van der Waals surface area contributed by atoms with Gasteiger partial charge < -0.3 is 41.9 Å². The second kappa shape index (κ2) is 27.4. The summed E-state index contributed by atoms with van der Waals surface area (Å²) in [7, 11) is 0. The Kier molecular flexibility index (Phi) is 23.6. The first-order chi connectivity index (χ1) is 32.1. The number of amides is 4. The maximum Gasteiger partial charge on any atom is 0.490 e. The number of aliphatic hydroxyl groups is 1. The number of carboxylic acid groups (broad SMARTS) is 2. The number of halogens is 6. The van der Waals surface area contributed by atoms with E-state index in [4.69, 9.17) is 20.7 Å². The lowest BCUT2D eigenvalue weighted by Crippen LogP contribution is -2.47. The topological polar surface area (TPSA) is 263 Å². The molecule has 0 saturated heterocycles. The Morgan fingerprint density at radius 2 is 1.52 bits per heavy atom. The van der Waals surface area contributed by atoms with E-state index in [-0.39, 0.29) is 61.0 Å². The van der Waals surface area contributed by atoms with Crippen LogP contribution in [0.5, 0.6) is 0 Å². The zero-order valence-corrected chi connectivity index (χ0v) is 40.7. The van der Waals surface area contributed by atoms with Crippen LogP contribution in [-0.2, 0) is 40.0 Å². The summed E-state index contributed by atoms with van der Waals surface area (Å²) >= 11 is 3.05. The number of hydrogen-bond donors (Lipinski definition) is 7. The van der Waals surface area contributed by atoms with E-state index in [1.807, 2.05) is 51.1 Å². The molecule has 0 bridgehead atoms. The van der Waals surface area contributed by atoms with Crippen molar-refractivity contribution in [2.75, 3.05) is 25.0 Å². The van der Waals surface area contributed by atoms with Crippen molar-refractivity contribution in [1.82, 2.24) is 30.6 Å². The number of rotatable bonds is 24. The summed E-state index contributed by atoms with van der Waals surface area (Å²) in [5.41, 5.74) is 7.35. The Morgan fingerprint density at radius 3 is 2.06 bits per heavy atom. The highest BCUT2D eigenvalue weighted by Crippen LogP contribution is 2.40. The fraction of sp³-hybridized carbons (Fsp3) is 0.522. The predicted molar refractivity (Wildman–Crippen MR) is 246 cm³/mol. The number of nitrogens with zero attached hydrogens (tertiary/aromatic N) is 3. The second-order valence-corrected chi connectivity index (χ2v) is 18.2. The minimum Gasteiger partial charge on any atom is -0.480 e. The molecule has 69 heavy (non-hydrogen) atoms. The number of carboxylic acids is 2. The summed E-state index contributed by atoms with van der Waals surface area (Å²) < 4.78 is 62.3. The molecule has 0 saturated carbocycles. The van der Waals surface area contributed by atoms with Crippen molar-refractivity contribution in [3.8, 4) is 5.69 Å². The van der Waals surface area contributed by atoms with Crippen molar-refractivity contribution in [2.24, 2.45) is 23.0 Å². The van der Waals surface area contributed by atoms with E-state index in [1.165, 1.54) is 16.5 Å². The molecule has 0 aliphatic carbocycles. The van der Waals surface area contributed by atoms with Crippen LogP contribution in [0.3, 0.4) is 0 Å². The van der Waals surface area contributed by atoms with Crippen LogP contribution in [0.4, 0.5) is 22.0 Å². The molecule has 8 N–H and O–H groups in total. The molecule has 0 aliphatic rings. The number of ketones is 1. The van der Waals surface area contributed by atoms with Crippen molar-refractivity contribution < 1.29 is 70.8 Å². The van der Waals surface area contributed by atoms with E-state index >= 15 is 4.39 Å². The molecule has 382 valence electrons. The molecular formula is C46H61BrF5N7O10. The summed E-state index contributed by atoms with van der Waals surface area (Å²) in [5.74, 6) is -9.00. The third-order valence-corrected chi connectivity index (χ3v) is 11.1. The van der Waals surface area contributed by atoms with Crippen molar-refractivity contribution in [1.29, 1.82) is 0 Å². The lowest BCUT2D eigenvalue weighted by molar-refractivity contribution is -0.192. The van der Waals surface area contributed by atoms with Crippen LogP contribution in [0.15, 0.2) is 54.7 Å². The summed E-state index contributed by atoms with van der Waals surface area (Å²) in [6.07, 6.45) is -2.69. The maximum atomic E-state index is 15.0. The normalized spacial score (nSPS) is 13.7. The first kappa shape index (κ1) is 59.3. The zero-order valence-electron chi connectivity index (χ0n) is 39.1. The monoisotopic (exact) mass is 1050 g/mol. The number of nitrogens with one attached hydrogen (secondary N) is 3. The highest BCUT2D eigenvalue weighted by Gasteiger charge is 2.39. The average molecular weight is 1050 g/mol. The van der Waals surface area contributed by atoms with Crippen LogP contribution in [0.25, 0.3) is 5.69 Å². The molecular weight excluding hydrogens is 985 g/mol. The van der Waals surface area contributed by atoms with E-state index in [9.17, 15) is 56.5 Å². The van der Waals surface area contributed by atoms with Gasteiger partial charge in [0.15, 0.2) is 5.78 Å². The largest absolute Gasteiger partial charge is 0.490 e. The van der Waals surface area contributed by atoms with E-state index in [0.717, 1.165) is 23.8 Å². The molecule has 0 radical (unpaired) electrons. The van der Waals surface area contributed by atoms with Crippen LogP contribution in [-0.4, -0.2) is 121 Å². The number of aliphatic carboxylic acids is 2. The molecule has 1 aromatic heterocycles. The van der Waals surface area contributed by atoms with Gasteiger partial charge in [0, 0.05) is 49.7 Å². The van der Waals surface area contributed by atoms with Crippen LogP contribution >= 0.6 is 15.9 Å². The Labute approximate surface area is 404 Å². The van der Waals surface area contributed by atoms with Crippen molar-refractivity contribution in [2.45, 2.75) is 110 Å². The van der Waals surface area contributed by atoms with Crippen LogP contribution < -0.4 is 21.7 Å². The van der Waals surface area contributed by atoms with Gasteiger partial charge in [-0.2, -0.15) is 18.3 Å². The van der Waals surface area contributed by atoms with E-state index in [1.54, 1.807) is 20.0 Å². The number of alkyl halides is 4. The SMILES string of the molecule is CC(C)[C@H](NC(=O)CBr)C(=O)C[C@@H](C)C(=O)N[C@@H](CCCCNC(=O)[C@@H](N)CCN(C(=O)CO)[C@@H](c1nn(-c2cc(F)ccc2F)cc1Cc1ccccc1)C(C)(C)C)C(=O)O.O=C(O)C(F)(F)F. The third kappa shape index (κ3) is 19.2. The molecule has 0 fully saturated rings. The minimum absolute atomic E-state index is 0.0134.